The summed E-state index contributed by atoms with van der Waals surface area (Å²) in [5.74, 6) is 0.832. The summed E-state index contributed by atoms with van der Waals surface area (Å²) in [6.07, 6.45) is 1.16. The van der Waals surface area contributed by atoms with Crippen molar-refractivity contribution in [2.45, 2.75) is 32.0 Å². The molecule has 0 saturated carbocycles. The van der Waals surface area contributed by atoms with Gasteiger partial charge in [-0.2, -0.15) is 5.10 Å². The molecule has 4 heterocycles. The van der Waals surface area contributed by atoms with Crippen LogP contribution in [0.2, 0.25) is 0 Å². The Bertz CT molecular complexity index is 1480. The second kappa shape index (κ2) is 8.66. The molecule has 2 unspecified atom stereocenters. The third-order valence-electron chi connectivity index (χ3n) is 6.95. The fourth-order valence-electron chi connectivity index (χ4n) is 5.10. The van der Waals surface area contributed by atoms with Crippen LogP contribution in [0.5, 0.6) is 0 Å². The Morgan fingerprint density at radius 3 is 2.80 bits per heavy atom. The number of piperidine rings is 1. The second-order valence-electron chi connectivity index (χ2n) is 9.29. The van der Waals surface area contributed by atoms with E-state index in [1.165, 1.54) is 10.7 Å². The number of carbonyl (C=O) groups is 1. The van der Waals surface area contributed by atoms with Gasteiger partial charge in [0.15, 0.2) is 0 Å². The largest absolute Gasteiger partial charge is 0.391 e. The van der Waals surface area contributed by atoms with Crippen LogP contribution in [0, 0.1) is 5.92 Å². The molecule has 1 fully saturated rings. The molecule has 1 saturated heterocycles. The van der Waals surface area contributed by atoms with Gasteiger partial charge < -0.3 is 14.6 Å². The molecule has 2 aliphatic rings. The van der Waals surface area contributed by atoms with Gasteiger partial charge in [0.25, 0.3) is 11.5 Å². The Hall–Kier alpha value is -3.98. The van der Waals surface area contributed by atoms with E-state index in [-0.39, 0.29) is 23.9 Å². The third kappa shape index (κ3) is 4.08. The monoisotopic (exact) mass is 470 g/mol. The maximum absolute atomic E-state index is 13.2. The lowest BCUT2D eigenvalue weighted by molar-refractivity contribution is 0.0825. The summed E-state index contributed by atoms with van der Waals surface area (Å²) < 4.78 is 3.32. The molecule has 6 bridgehead atoms. The van der Waals surface area contributed by atoms with Gasteiger partial charge >= 0.3 is 0 Å². The number of benzene rings is 2. The molecule has 35 heavy (non-hydrogen) atoms. The van der Waals surface area contributed by atoms with E-state index in [4.69, 9.17) is 0 Å². The van der Waals surface area contributed by atoms with E-state index < -0.39 is 6.10 Å². The number of aliphatic hydroxyl groups excluding tert-OH is 1. The number of anilines is 2. The highest BCUT2D eigenvalue weighted by atomic mass is 16.3. The van der Waals surface area contributed by atoms with Crippen LogP contribution in [-0.2, 0) is 13.1 Å². The van der Waals surface area contributed by atoms with E-state index in [0.29, 0.717) is 24.6 Å². The molecule has 1 amide bonds. The van der Waals surface area contributed by atoms with Gasteiger partial charge in [0.1, 0.15) is 5.82 Å². The van der Waals surface area contributed by atoms with Gasteiger partial charge in [-0.3, -0.25) is 14.9 Å². The number of amides is 1. The number of fused-ring (bicyclic) bond motifs is 10. The van der Waals surface area contributed by atoms with E-state index in [2.05, 4.69) is 20.3 Å². The predicted molar refractivity (Wildman–Crippen MR) is 133 cm³/mol. The first kappa shape index (κ1) is 21.5. The first-order valence-corrected chi connectivity index (χ1v) is 11.9. The molecule has 6 rings (SSSR count). The fraction of sp³-hybridized carbons (Fsp3) is 0.308. The molecule has 2 N–H and O–H groups in total. The minimum absolute atomic E-state index is 0.0104. The minimum atomic E-state index is -0.645. The molecular formula is C26H26N6O3. The van der Waals surface area contributed by atoms with Gasteiger partial charge in [-0.25, -0.2) is 9.67 Å². The van der Waals surface area contributed by atoms with Crippen LogP contribution in [0.25, 0.3) is 11.0 Å². The standard InChI is InChI=1S/C26H26N6O3/c33-22-16-31-21-9-2-1-8-20(21)27-26(31)28-25(35)18-6-3-5-17(13-18)14-32-24(34)11-10-23(29-32)30-12-4-7-19(22)15-30/h1-3,5-6,8-11,13,19,22,33H,4,7,12,14-16H2,(H,27,28,35). The summed E-state index contributed by atoms with van der Waals surface area (Å²) >= 11 is 0. The van der Waals surface area contributed by atoms with E-state index in [1.54, 1.807) is 24.3 Å². The lowest BCUT2D eigenvalue weighted by atomic mass is 9.92. The molecule has 2 aromatic carbocycles. The van der Waals surface area contributed by atoms with Gasteiger partial charge in [0.2, 0.25) is 5.95 Å². The quantitative estimate of drug-likeness (QED) is 0.409. The van der Waals surface area contributed by atoms with Crippen molar-refractivity contribution >= 4 is 28.7 Å². The Balaban J connectivity index is 1.47. The smallest absolute Gasteiger partial charge is 0.267 e. The van der Waals surface area contributed by atoms with Gasteiger partial charge in [0, 0.05) is 30.6 Å². The summed E-state index contributed by atoms with van der Waals surface area (Å²) in [7, 11) is 0. The molecule has 0 radical (unpaired) electrons. The average molecular weight is 471 g/mol. The summed E-state index contributed by atoms with van der Waals surface area (Å²) in [5, 5.41) is 18.9. The summed E-state index contributed by atoms with van der Waals surface area (Å²) in [6, 6.07) is 18.1. The van der Waals surface area contributed by atoms with Gasteiger partial charge in [0.05, 0.1) is 30.2 Å². The molecule has 2 aromatic heterocycles. The van der Waals surface area contributed by atoms with Crippen molar-refractivity contribution in [1.29, 1.82) is 0 Å². The lowest BCUT2D eigenvalue weighted by Crippen LogP contribution is -2.43. The summed E-state index contributed by atoms with van der Waals surface area (Å²) in [6.45, 7) is 2.02. The number of aliphatic hydroxyl groups is 1. The van der Waals surface area contributed by atoms with Gasteiger partial charge in [-0.15, -0.1) is 0 Å². The molecular weight excluding hydrogens is 444 g/mol. The van der Waals surface area contributed by atoms with Crippen LogP contribution in [0.3, 0.4) is 0 Å². The fourth-order valence-corrected chi connectivity index (χ4v) is 5.10. The van der Waals surface area contributed by atoms with Gasteiger partial charge in [-0.1, -0.05) is 24.3 Å². The maximum atomic E-state index is 13.2. The number of hydrogen-bond donors (Lipinski definition) is 2. The first-order chi connectivity index (χ1) is 17.0. The van der Waals surface area contributed by atoms with Crippen LogP contribution in [0.4, 0.5) is 11.8 Å². The van der Waals surface area contributed by atoms with Crippen molar-refractivity contribution in [1.82, 2.24) is 19.3 Å². The zero-order chi connectivity index (χ0) is 23.9. The first-order valence-electron chi connectivity index (χ1n) is 11.9. The summed E-state index contributed by atoms with van der Waals surface area (Å²) in [5.41, 5.74) is 2.67. The van der Waals surface area contributed by atoms with Crippen LogP contribution in [0.1, 0.15) is 28.8 Å². The average Bonchev–Trinajstić information content (AvgIpc) is 3.21. The number of imidazole rings is 1. The molecule has 178 valence electrons. The number of nitrogens with one attached hydrogen (secondary N) is 1. The molecule has 0 aliphatic carbocycles. The SMILES string of the molecule is O=C1Nc2nc3ccccc3n2CC(O)C2CCCN(C2)c2ccc(=O)n(n2)Cc2cccc1c2. The van der Waals surface area contributed by atoms with Crippen LogP contribution in [0.15, 0.2) is 65.5 Å². The molecule has 2 aliphatic heterocycles. The summed E-state index contributed by atoms with van der Waals surface area (Å²) in [4.78, 5) is 32.5. The number of hydrogen-bond acceptors (Lipinski definition) is 6. The molecule has 9 heteroatoms. The molecule has 0 spiro atoms. The number of rotatable bonds is 0. The van der Waals surface area contributed by atoms with Crippen LogP contribution >= 0.6 is 0 Å². The van der Waals surface area contributed by atoms with Crippen molar-refractivity contribution in [2.24, 2.45) is 5.92 Å². The van der Waals surface area contributed by atoms with E-state index in [1.807, 2.05) is 34.9 Å². The highest BCUT2D eigenvalue weighted by Gasteiger charge is 2.29. The van der Waals surface area contributed by atoms with Crippen molar-refractivity contribution in [3.63, 3.8) is 0 Å². The molecule has 2 atom stereocenters. The Morgan fingerprint density at radius 1 is 1.00 bits per heavy atom. The Kier molecular flexibility index (Phi) is 5.33. The normalized spacial score (nSPS) is 20.4. The van der Waals surface area contributed by atoms with Crippen molar-refractivity contribution < 1.29 is 9.90 Å². The minimum Gasteiger partial charge on any atom is -0.391 e. The van der Waals surface area contributed by atoms with Crippen molar-refractivity contribution in [3.8, 4) is 0 Å². The van der Waals surface area contributed by atoms with E-state index >= 15 is 0 Å². The Morgan fingerprint density at radius 2 is 1.89 bits per heavy atom. The van der Waals surface area contributed by atoms with Crippen LogP contribution < -0.4 is 15.8 Å². The number of carbonyl (C=O) groups excluding carboxylic acids is 1. The Labute approximate surface area is 201 Å². The maximum Gasteiger partial charge on any atom is 0.267 e. The molecule has 9 nitrogen and oxygen atoms in total. The van der Waals surface area contributed by atoms with E-state index in [9.17, 15) is 14.7 Å². The second-order valence-corrected chi connectivity index (χ2v) is 9.29. The van der Waals surface area contributed by atoms with Crippen molar-refractivity contribution in [2.75, 3.05) is 23.3 Å². The zero-order valence-corrected chi connectivity index (χ0v) is 19.2. The third-order valence-corrected chi connectivity index (χ3v) is 6.95. The number of nitrogens with zero attached hydrogens (tertiary/aromatic N) is 5. The highest BCUT2D eigenvalue weighted by molar-refractivity contribution is 6.04. The molecule has 4 aromatic rings. The van der Waals surface area contributed by atoms with Gasteiger partial charge in [-0.05, 0) is 48.7 Å². The predicted octanol–water partition coefficient (Wildman–Crippen LogP) is 2.48. The zero-order valence-electron chi connectivity index (χ0n) is 19.2. The number of aromatic nitrogens is 4. The van der Waals surface area contributed by atoms with Crippen LogP contribution in [-0.4, -0.2) is 49.5 Å². The number of para-hydroxylation sites is 2. The van der Waals surface area contributed by atoms with E-state index in [0.717, 1.165) is 41.8 Å². The lowest BCUT2D eigenvalue weighted by Gasteiger charge is -2.36. The highest BCUT2D eigenvalue weighted by Crippen LogP contribution is 2.27. The topological polar surface area (TPSA) is 105 Å². The van der Waals surface area contributed by atoms with Crippen molar-refractivity contribution in [3.05, 3.63) is 82.1 Å².